The Morgan fingerprint density at radius 2 is 2.28 bits per heavy atom. The summed E-state index contributed by atoms with van der Waals surface area (Å²) in [6, 6.07) is 0. The Morgan fingerprint density at radius 3 is 2.94 bits per heavy atom. The Balaban J connectivity index is 1.64. The summed E-state index contributed by atoms with van der Waals surface area (Å²) in [5.74, 6) is 0.847. The molecular weight excluding hydrogens is 228 g/mol. The van der Waals surface area contributed by atoms with Crippen LogP contribution in [0.2, 0.25) is 0 Å². The van der Waals surface area contributed by atoms with Crippen LogP contribution in [0.5, 0.6) is 0 Å². The second-order valence-corrected chi connectivity index (χ2v) is 4.98. The maximum absolute atomic E-state index is 11.7. The Labute approximate surface area is 108 Å². The molecule has 2 rings (SSSR count). The highest BCUT2D eigenvalue weighted by molar-refractivity contribution is 5.75. The second-order valence-electron chi connectivity index (χ2n) is 4.98. The van der Waals surface area contributed by atoms with Gasteiger partial charge in [-0.3, -0.25) is 4.79 Å². The fourth-order valence-corrected chi connectivity index (χ4v) is 2.34. The smallest absolute Gasteiger partial charge is 0.220 e. The summed E-state index contributed by atoms with van der Waals surface area (Å²) in [6.07, 6.45) is 5.70. The van der Waals surface area contributed by atoms with E-state index in [1.165, 1.54) is 12.8 Å². The van der Waals surface area contributed by atoms with Crippen LogP contribution in [0.3, 0.4) is 0 Å². The molecule has 1 aromatic rings. The Bertz CT molecular complexity index is 382. The lowest BCUT2D eigenvalue weighted by Crippen LogP contribution is -2.29. The van der Waals surface area contributed by atoms with E-state index in [4.69, 9.17) is 0 Å². The van der Waals surface area contributed by atoms with E-state index in [0.717, 1.165) is 30.9 Å². The SMILES string of the molecule is Cc1[nH]cnc1CNC(=O)CCC1CCNCC1. The third-order valence-electron chi connectivity index (χ3n) is 3.63. The van der Waals surface area contributed by atoms with Crippen molar-refractivity contribution in [1.29, 1.82) is 0 Å². The molecule has 5 heteroatoms. The number of nitrogens with one attached hydrogen (secondary N) is 3. The number of aromatic amines is 1. The minimum absolute atomic E-state index is 0.135. The van der Waals surface area contributed by atoms with Crippen LogP contribution in [-0.2, 0) is 11.3 Å². The Kier molecular flexibility index (Phi) is 4.75. The summed E-state index contributed by atoms with van der Waals surface area (Å²) in [5.41, 5.74) is 1.94. The zero-order valence-electron chi connectivity index (χ0n) is 11.0. The number of carbonyl (C=O) groups is 1. The molecule has 1 aromatic heterocycles. The van der Waals surface area contributed by atoms with Crippen molar-refractivity contribution in [3.63, 3.8) is 0 Å². The molecule has 0 bridgehead atoms. The highest BCUT2D eigenvalue weighted by atomic mass is 16.1. The van der Waals surface area contributed by atoms with E-state index in [1.54, 1.807) is 6.33 Å². The molecule has 1 fully saturated rings. The van der Waals surface area contributed by atoms with Gasteiger partial charge in [-0.1, -0.05) is 0 Å². The van der Waals surface area contributed by atoms with Gasteiger partial charge in [-0.15, -0.1) is 0 Å². The number of imidazole rings is 1. The molecule has 0 saturated carbocycles. The molecule has 1 aliphatic heterocycles. The molecule has 100 valence electrons. The summed E-state index contributed by atoms with van der Waals surface area (Å²) in [7, 11) is 0. The van der Waals surface area contributed by atoms with Crippen LogP contribution < -0.4 is 10.6 Å². The maximum atomic E-state index is 11.7. The summed E-state index contributed by atoms with van der Waals surface area (Å²) in [5, 5.41) is 6.27. The van der Waals surface area contributed by atoms with Gasteiger partial charge in [0.2, 0.25) is 5.91 Å². The van der Waals surface area contributed by atoms with Crippen LogP contribution in [0.15, 0.2) is 6.33 Å². The first-order valence-electron chi connectivity index (χ1n) is 6.72. The molecule has 0 unspecified atom stereocenters. The zero-order valence-corrected chi connectivity index (χ0v) is 11.0. The number of H-pyrrole nitrogens is 1. The van der Waals surface area contributed by atoms with E-state index in [9.17, 15) is 4.79 Å². The molecule has 1 aliphatic rings. The standard InChI is InChI=1S/C13H22N4O/c1-10-12(17-9-16-10)8-15-13(18)3-2-11-4-6-14-7-5-11/h9,11,14H,2-8H2,1H3,(H,15,18)(H,16,17). The lowest BCUT2D eigenvalue weighted by atomic mass is 9.93. The van der Waals surface area contributed by atoms with Crippen molar-refractivity contribution in [2.24, 2.45) is 5.92 Å². The monoisotopic (exact) mass is 250 g/mol. The third kappa shape index (κ3) is 3.84. The third-order valence-corrected chi connectivity index (χ3v) is 3.63. The van der Waals surface area contributed by atoms with Gasteiger partial charge in [0, 0.05) is 12.1 Å². The van der Waals surface area contributed by atoms with E-state index in [-0.39, 0.29) is 5.91 Å². The second kappa shape index (κ2) is 6.54. The van der Waals surface area contributed by atoms with Crippen molar-refractivity contribution in [3.05, 3.63) is 17.7 Å². The van der Waals surface area contributed by atoms with Crippen LogP contribution in [0.4, 0.5) is 0 Å². The van der Waals surface area contributed by atoms with Crippen LogP contribution in [-0.4, -0.2) is 29.0 Å². The summed E-state index contributed by atoms with van der Waals surface area (Å²) >= 11 is 0. The molecule has 0 aliphatic carbocycles. The van der Waals surface area contributed by atoms with Gasteiger partial charge < -0.3 is 15.6 Å². The number of nitrogens with zero attached hydrogens (tertiary/aromatic N) is 1. The first-order chi connectivity index (χ1) is 8.75. The molecule has 3 N–H and O–H groups in total. The van der Waals surface area contributed by atoms with Gasteiger partial charge in [0.25, 0.3) is 0 Å². The largest absolute Gasteiger partial charge is 0.350 e. The minimum atomic E-state index is 0.135. The minimum Gasteiger partial charge on any atom is -0.350 e. The Hall–Kier alpha value is -1.36. The fraction of sp³-hybridized carbons (Fsp3) is 0.692. The molecule has 18 heavy (non-hydrogen) atoms. The van der Waals surface area contributed by atoms with E-state index >= 15 is 0 Å². The fourth-order valence-electron chi connectivity index (χ4n) is 2.34. The zero-order chi connectivity index (χ0) is 12.8. The van der Waals surface area contributed by atoms with Crippen molar-refractivity contribution in [3.8, 4) is 0 Å². The maximum Gasteiger partial charge on any atom is 0.220 e. The van der Waals surface area contributed by atoms with Crippen molar-refractivity contribution < 1.29 is 4.79 Å². The molecule has 0 atom stereocenters. The number of aromatic nitrogens is 2. The van der Waals surface area contributed by atoms with Gasteiger partial charge in [0.15, 0.2) is 0 Å². The summed E-state index contributed by atoms with van der Waals surface area (Å²) in [4.78, 5) is 18.9. The number of hydrogen-bond acceptors (Lipinski definition) is 3. The van der Waals surface area contributed by atoms with Crippen LogP contribution >= 0.6 is 0 Å². The van der Waals surface area contributed by atoms with Gasteiger partial charge in [-0.25, -0.2) is 4.98 Å². The number of piperidine rings is 1. The summed E-state index contributed by atoms with van der Waals surface area (Å²) < 4.78 is 0. The predicted octanol–water partition coefficient (Wildman–Crippen LogP) is 1.11. The molecule has 5 nitrogen and oxygen atoms in total. The van der Waals surface area contributed by atoms with Gasteiger partial charge in [0.05, 0.1) is 18.6 Å². The van der Waals surface area contributed by atoms with E-state index in [0.29, 0.717) is 18.9 Å². The normalized spacial score (nSPS) is 16.7. The first-order valence-corrected chi connectivity index (χ1v) is 6.72. The van der Waals surface area contributed by atoms with Crippen molar-refractivity contribution in [2.45, 2.75) is 39.2 Å². The highest BCUT2D eigenvalue weighted by Gasteiger charge is 2.14. The van der Waals surface area contributed by atoms with E-state index < -0.39 is 0 Å². The summed E-state index contributed by atoms with van der Waals surface area (Å²) in [6.45, 7) is 4.68. The van der Waals surface area contributed by atoms with Crippen molar-refractivity contribution >= 4 is 5.91 Å². The molecule has 2 heterocycles. The molecule has 0 radical (unpaired) electrons. The predicted molar refractivity (Wildman–Crippen MR) is 70.0 cm³/mol. The van der Waals surface area contributed by atoms with Crippen LogP contribution in [0.25, 0.3) is 0 Å². The molecule has 0 spiro atoms. The highest BCUT2D eigenvalue weighted by Crippen LogP contribution is 2.17. The quantitative estimate of drug-likeness (QED) is 0.733. The molecule has 1 amide bonds. The average Bonchev–Trinajstić information content (AvgIpc) is 2.81. The Morgan fingerprint density at radius 1 is 1.50 bits per heavy atom. The van der Waals surface area contributed by atoms with Gasteiger partial charge in [0.1, 0.15) is 0 Å². The van der Waals surface area contributed by atoms with Crippen LogP contribution in [0.1, 0.15) is 37.1 Å². The number of carbonyl (C=O) groups excluding carboxylic acids is 1. The van der Waals surface area contributed by atoms with Crippen LogP contribution in [0, 0.1) is 12.8 Å². The molecule has 1 saturated heterocycles. The average molecular weight is 250 g/mol. The molecule has 0 aromatic carbocycles. The lowest BCUT2D eigenvalue weighted by Gasteiger charge is -2.22. The number of aryl methyl sites for hydroxylation is 1. The number of rotatable bonds is 5. The topological polar surface area (TPSA) is 69.8 Å². The van der Waals surface area contributed by atoms with E-state index in [2.05, 4.69) is 20.6 Å². The van der Waals surface area contributed by atoms with Crippen molar-refractivity contribution in [1.82, 2.24) is 20.6 Å². The van der Waals surface area contributed by atoms with Gasteiger partial charge >= 0.3 is 0 Å². The molecular formula is C13H22N4O. The van der Waals surface area contributed by atoms with Crippen molar-refractivity contribution in [2.75, 3.05) is 13.1 Å². The number of hydrogen-bond donors (Lipinski definition) is 3. The first kappa shape index (κ1) is 13.1. The van der Waals surface area contributed by atoms with Gasteiger partial charge in [-0.05, 0) is 45.2 Å². The number of amides is 1. The lowest BCUT2D eigenvalue weighted by molar-refractivity contribution is -0.121. The van der Waals surface area contributed by atoms with E-state index in [1.807, 2.05) is 6.92 Å². The van der Waals surface area contributed by atoms with Gasteiger partial charge in [-0.2, -0.15) is 0 Å².